The molecule has 1 fully saturated rings. The number of carbonyl (C=O) groups excluding carboxylic acids is 2. The maximum atomic E-state index is 12.9. The Morgan fingerprint density at radius 3 is 2.72 bits per heavy atom. The second-order valence-corrected chi connectivity index (χ2v) is 8.04. The zero-order valence-electron chi connectivity index (χ0n) is 17.0. The third kappa shape index (κ3) is 4.49. The van der Waals surface area contributed by atoms with E-state index in [4.69, 9.17) is 17.0 Å². The fourth-order valence-corrected chi connectivity index (χ4v) is 3.84. The predicted molar refractivity (Wildman–Crippen MR) is 108 cm³/mol. The van der Waals surface area contributed by atoms with Crippen molar-refractivity contribution in [2.24, 2.45) is 11.3 Å². The van der Waals surface area contributed by atoms with Crippen molar-refractivity contribution in [3.63, 3.8) is 0 Å². The van der Waals surface area contributed by atoms with Crippen LogP contribution in [0.15, 0.2) is 24.4 Å². The maximum absolute atomic E-state index is 12.9. The van der Waals surface area contributed by atoms with Crippen molar-refractivity contribution in [3.8, 4) is 17.7 Å². The van der Waals surface area contributed by atoms with Crippen molar-refractivity contribution < 1.29 is 32.6 Å². The molecule has 2 aliphatic rings. The Balaban J connectivity index is 1.78. The molecule has 0 spiro atoms. The van der Waals surface area contributed by atoms with E-state index in [2.05, 4.69) is 21.6 Å². The average Bonchev–Trinajstić information content (AvgIpc) is 2.88. The molecule has 0 radical (unpaired) electrons. The standard InChI is InChI=1S/C21H19ClF3N3O4/c1-11(29)3-4-16(30)17(26)20-6-5-14(20)19(31)28(9-20)12(2)13-7-15(22)18(27-8-13)32-10-21(23,24)25/h5-8,11-12,14,26,29H,9-10H2,1-2H3/t11-,12?,14?,20+/m1/s1. The molecule has 1 aliphatic heterocycles. The molecular weight excluding hydrogens is 451 g/mol. The monoisotopic (exact) mass is 469 g/mol. The van der Waals surface area contributed by atoms with Gasteiger partial charge in [0, 0.05) is 12.7 Å². The minimum atomic E-state index is -4.54. The fraction of sp³-hybridized carbons (Fsp3) is 0.429. The molecule has 1 aliphatic carbocycles. The van der Waals surface area contributed by atoms with E-state index in [0.29, 0.717) is 5.56 Å². The van der Waals surface area contributed by atoms with Crippen LogP contribution < -0.4 is 4.74 Å². The molecule has 0 aromatic carbocycles. The van der Waals surface area contributed by atoms with Crippen LogP contribution >= 0.6 is 11.6 Å². The molecular formula is C21H19ClF3N3O4. The molecule has 1 amide bonds. The van der Waals surface area contributed by atoms with Gasteiger partial charge < -0.3 is 14.7 Å². The second kappa shape index (κ2) is 8.56. The third-order valence-electron chi connectivity index (χ3n) is 5.36. The number of hydrogen-bond donors (Lipinski definition) is 2. The van der Waals surface area contributed by atoms with E-state index in [0.717, 1.165) is 0 Å². The lowest BCUT2D eigenvalue weighted by Crippen LogP contribution is -2.45. The molecule has 7 nitrogen and oxygen atoms in total. The van der Waals surface area contributed by atoms with Gasteiger partial charge in [-0.3, -0.25) is 15.0 Å². The first-order chi connectivity index (χ1) is 14.9. The highest BCUT2D eigenvalue weighted by atomic mass is 35.5. The van der Waals surface area contributed by atoms with Gasteiger partial charge in [-0.1, -0.05) is 29.7 Å². The van der Waals surface area contributed by atoms with E-state index in [-0.39, 0.29) is 29.1 Å². The lowest BCUT2D eigenvalue weighted by molar-refractivity contribution is -0.154. The van der Waals surface area contributed by atoms with E-state index < -0.39 is 42.0 Å². The smallest absolute Gasteiger partial charge is 0.422 e. The van der Waals surface area contributed by atoms with Crippen molar-refractivity contribution >= 4 is 29.0 Å². The first kappa shape index (κ1) is 23.8. The number of pyridine rings is 1. The Hall–Kier alpha value is -2.90. The summed E-state index contributed by atoms with van der Waals surface area (Å²) in [5, 5.41) is 17.4. The van der Waals surface area contributed by atoms with Crippen molar-refractivity contribution in [1.29, 1.82) is 5.41 Å². The molecule has 3 rings (SSSR count). The number of aliphatic hydroxyl groups excluding tert-OH is 1. The molecule has 1 aromatic heterocycles. The largest absolute Gasteiger partial charge is 0.467 e. The number of carbonyl (C=O) groups is 2. The van der Waals surface area contributed by atoms with Gasteiger partial charge in [-0.05, 0) is 31.4 Å². The Morgan fingerprint density at radius 1 is 1.50 bits per heavy atom. The van der Waals surface area contributed by atoms with Gasteiger partial charge in [0.15, 0.2) is 6.61 Å². The van der Waals surface area contributed by atoms with Gasteiger partial charge in [0.2, 0.25) is 17.6 Å². The molecule has 1 saturated heterocycles. The number of nitrogens with zero attached hydrogens (tertiary/aromatic N) is 2. The quantitative estimate of drug-likeness (QED) is 0.288. The summed E-state index contributed by atoms with van der Waals surface area (Å²) in [5.74, 6) is 2.34. The van der Waals surface area contributed by atoms with Gasteiger partial charge in [-0.15, -0.1) is 0 Å². The van der Waals surface area contributed by atoms with Gasteiger partial charge in [-0.2, -0.15) is 13.2 Å². The van der Waals surface area contributed by atoms with Crippen molar-refractivity contribution in [2.75, 3.05) is 13.2 Å². The first-order valence-corrected chi connectivity index (χ1v) is 9.91. The number of Topliss-reactive ketones (excluding diaryl/α,β-unsaturated/α-hetero) is 1. The van der Waals surface area contributed by atoms with E-state index >= 15 is 0 Å². The van der Waals surface area contributed by atoms with Crippen LogP contribution in [0.4, 0.5) is 13.2 Å². The molecule has 170 valence electrons. The van der Waals surface area contributed by atoms with Gasteiger partial charge in [0.1, 0.15) is 16.8 Å². The Kier molecular flexibility index (Phi) is 6.36. The molecule has 2 heterocycles. The highest BCUT2D eigenvalue weighted by Crippen LogP contribution is 2.49. The van der Waals surface area contributed by atoms with Gasteiger partial charge in [0.05, 0.1) is 17.4 Å². The number of hydrogen-bond acceptors (Lipinski definition) is 6. The Bertz CT molecular complexity index is 1060. The molecule has 2 N–H and O–H groups in total. The molecule has 1 aromatic rings. The molecule has 0 bridgehead atoms. The minimum absolute atomic E-state index is 0.0407. The summed E-state index contributed by atoms with van der Waals surface area (Å²) >= 11 is 6.01. The van der Waals surface area contributed by atoms with Crippen LogP contribution in [0.5, 0.6) is 5.88 Å². The summed E-state index contributed by atoms with van der Waals surface area (Å²) in [6.07, 6.45) is -1.08. The Labute approximate surface area is 186 Å². The SMILES string of the molecule is CC(c1cnc(OCC(F)(F)F)c(Cl)c1)N1C[C@@]2(C(=N)C(=O)C#C[C@@H](C)O)C=CC2C1=O. The van der Waals surface area contributed by atoms with Gasteiger partial charge in [-0.25, -0.2) is 4.98 Å². The zero-order chi connectivity index (χ0) is 23.8. The lowest BCUT2D eigenvalue weighted by atomic mass is 9.65. The van der Waals surface area contributed by atoms with E-state index in [9.17, 15) is 27.9 Å². The first-order valence-electron chi connectivity index (χ1n) is 9.53. The van der Waals surface area contributed by atoms with Gasteiger partial charge >= 0.3 is 6.18 Å². The number of ketones is 1. The number of amides is 1. The molecule has 4 atom stereocenters. The molecule has 2 unspecified atom stereocenters. The van der Waals surface area contributed by atoms with Crippen LogP contribution in [0.1, 0.15) is 25.5 Å². The third-order valence-corrected chi connectivity index (χ3v) is 5.63. The van der Waals surface area contributed by atoms with Crippen LogP contribution in [0.25, 0.3) is 0 Å². The number of ether oxygens (including phenoxy) is 1. The normalized spacial score (nSPS) is 23.5. The number of alkyl halides is 3. The van der Waals surface area contributed by atoms with Crippen LogP contribution in [-0.2, 0) is 9.59 Å². The van der Waals surface area contributed by atoms with Crippen molar-refractivity contribution in [1.82, 2.24) is 9.88 Å². The summed E-state index contributed by atoms with van der Waals surface area (Å²) in [7, 11) is 0. The summed E-state index contributed by atoms with van der Waals surface area (Å²) in [6.45, 7) is 1.57. The Morgan fingerprint density at radius 2 is 2.19 bits per heavy atom. The van der Waals surface area contributed by atoms with Crippen molar-refractivity contribution in [3.05, 3.63) is 35.0 Å². The van der Waals surface area contributed by atoms with E-state index in [1.54, 1.807) is 19.1 Å². The van der Waals surface area contributed by atoms with E-state index in [1.807, 2.05) is 0 Å². The van der Waals surface area contributed by atoms with Crippen LogP contribution in [0.3, 0.4) is 0 Å². The summed E-state index contributed by atoms with van der Waals surface area (Å²) in [5.41, 5.74) is -1.01. The van der Waals surface area contributed by atoms with Crippen LogP contribution in [-0.4, -0.2) is 57.8 Å². The lowest BCUT2D eigenvalue weighted by Gasteiger charge is -2.35. The summed E-state index contributed by atoms with van der Waals surface area (Å²) < 4.78 is 41.6. The number of fused-ring (bicyclic) bond motifs is 1. The molecule has 0 saturated carbocycles. The number of halogens is 4. The molecule has 11 heteroatoms. The average molecular weight is 470 g/mol. The topological polar surface area (TPSA) is 104 Å². The maximum Gasteiger partial charge on any atom is 0.422 e. The molecule has 32 heavy (non-hydrogen) atoms. The highest BCUT2D eigenvalue weighted by molar-refractivity contribution is 6.48. The van der Waals surface area contributed by atoms with Gasteiger partial charge in [0.25, 0.3) is 0 Å². The van der Waals surface area contributed by atoms with Crippen LogP contribution in [0.2, 0.25) is 5.02 Å². The number of aliphatic hydroxyl groups is 1. The number of aromatic nitrogens is 1. The second-order valence-electron chi connectivity index (χ2n) is 7.63. The number of rotatable bonds is 6. The number of likely N-dealkylation sites (tertiary alicyclic amines) is 1. The minimum Gasteiger partial charge on any atom is -0.467 e. The number of nitrogens with one attached hydrogen (secondary N) is 1. The van der Waals surface area contributed by atoms with Crippen LogP contribution in [0, 0.1) is 28.6 Å². The highest BCUT2D eigenvalue weighted by Gasteiger charge is 2.59. The zero-order valence-corrected chi connectivity index (χ0v) is 17.8. The van der Waals surface area contributed by atoms with E-state index in [1.165, 1.54) is 24.1 Å². The fourth-order valence-electron chi connectivity index (χ4n) is 3.61. The summed E-state index contributed by atoms with van der Waals surface area (Å²) in [4.78, 5) is 30.5. The predicted octanol–water partition coefficient (Wildman–Crippen LogP) is 2.72. The summed E-state index contributed by atoms with van der Waals surface area (Å²) in [6, 6.07) is 0.781. The van der Waals surface area contributed by atoms with Crippen molar-refractivity contribution in [2.45, 2.75) is 32.2 Å².